The van der Waals surface area contributed by atoms with Gasteiger partial charge in [-0.3, -0.25) is 14.0 Å². The average molecular weight is 466 g/mol. The maximum atomic E-state index is 13.0. The number of aryl methyl sites for hydroxylation is 1. The number of rotatable bonds is 6. The van der Waals surface area contributed by atoms with E-state index in [9.17, 15) is 14.4 Å². The van der Waals surface area contributed by atoms with Crippen LogP contribution in [0.5, 0.6) is 0 Å². The van der Waals surface area contributed by atoms with Gasteiger partial charge in [0.1, 0.15) is 5.56 Å². The van der Waals surface area contributed by atoms with Gasteiger partial charge in [-0.25, -0.2) is 9.48 Å². The van der Waals surface area contributed by atoms with E-state index in [-0.39, 0.29) is 23.4 Å². The maximum absolute atomic E-state index is 13.0. The molecule has 3 heterocycles. The molecular weight excluding hydrogens is 442 g/mol. The number of hydrogen-bond donors (Lipinski definition) is 1. The lowest BCUT2D eigenvalue weighted by molar-refractivity contribution is 0.102. The summed E-state index contributed by atoms with van der Waals surface area (Å²) in [5.74, 6) is -0.490. The summed E-state index contributed by atoms with van der Waals surface area (Å²) in [4.78, 5) is 38.5. The predicted octanol–water partition coefficient (Wildman–Crippen LogP) is 3.32. The Balaban J connectivity index is 1.35. The molecule has 0 aliphatic rings. The second-order valence-corrected chi connectivity index (χ2v) is 8.37. The number of anilines is 1. The Bertz CT molecular complexity index is 1660. The molecule has 0 spiro atoms. The highest BCUT2D eigenvalue weighted by molar-refractivity contribution is 6.04. The molecule has 0 aliphatic heterocycles. The zero-order valence-electron chi connectivity index (χ0n) is 19.1. The van der Waals surface area contributed by atoms with E-state index in [1.807, 2.05) is 43.3 Å². The zero-order valence-corrected chi connectivity index (χ0v) is 19.1. The summed E-state index contributed by atoms with van der Waals surface area (Å²) in [6, 6.07) is 23.6. The van der Waals surface area contributed by atoms with Crippen molar-refractivity contribution in [2.75, 3.05) is 5.32 Å². The average Bonchev–Trinajstić information content (AvgIpc) is 3.16. The van der Waals surface area contributed by atoms with E-state index in [0.717, 1.165) is 16.7 Å². The van der Waals surface area contributed by atoms with E-state index >= 15 is 0 Å². The molecule has 35 heavy (non-hydrogen) atoms. The van der Waals surface area contributed by atoms with Crippen LogP contribution in [0.2, 0.25) is 0 Å². The summed E-state index contributed by atoms with van der Waals surface area (Å²) in [6.07, 6.45) is 3.35. The molecule has 1 N–H and O–H groups in total. The van der Waals surface area contributed by atoms with Crippen molar-refractivity contribution in [2.24, 2.45) is 0 Å². The summed E-state index contributed by atoms with van der Waals surface area (Å²) in [6.45, 7) is 2.62. The molecular formula is C27H23N5O3. The summed E-state index contributed by atoms with van der Waals surface area (Å²) in [5, 5.41) is 7.14. The monoisotopic (exact) mass is 465 g/mol. The standard InChI is InChI=1S/C27H23N5O3/c1-19-7-4-8-20(15-19)17-30-13-6-11-23(26(30)34)25(33)28-22-10-5-9-21(16-22)18-32-27(35)31-14-3-2-12-24(31)29-32/h2-16H,17-18H2,1H3,(H,28,33). The summed E-state index contributed by atoms with van der Waals surface area (Å²) >= 11 is 0. The normalized spacial score (nSPS) is 11.0. The van der Waals surface area contributed by atoms with Crippen LogP contribution in [0, 0.1) is 6.92 Å². The second-order valence-electron chi connectivity index (χ2n) is 8.37. The number of nitrogens with zero attached hydrogens (tertiary/aromatic N) is 4. The smallest absolute Gasteiger partial charge is 0.322 e. The van der Waals surface area contributed by atoms with E-state index in [1.165, 1.54) is 19.7 Å². The van der Waals surface area contributed by atoms with E-state index in [1.54, 1.807) is 48.8 Å². The first-order valence-corrected chi connectivity index (χ1v) is 11.2. The number of nitrogens with one attached hydrogen (secondary N) is 1. The molecule has 0 atom stereocenters. The van der Waals surface area contributed by atoms with Gasteiger partial charge in [0.15, 0.2) is 5.65 Å². The Kier molecular flexibility index (Phi) is 5.85. The number of aromatic nitrogens is 4. The van der Waals surface area contributed by atoms with Gasteiger partial charge in [-0.05, 0) is 54.4 Å². The topological polar surface area (TPSA) is 90.4 Å². The number of hydrogen-bond acceptors (Lipinski definition) is 4. The highest BCUT2D eigenvalue weighted by atomic mass is 16.2. The molecule has 8 heteroatoms. The van der Waals surface area contributed by atoms with Gasteiger partial charge in [-0.1, -0.05) is 48.0 Å². The number of carbonyl (C=O) groups is 1. The fraction of sp³-hybridized carbons (Fsp3) is 0.111. The molecule has 5 rings (SSSR count). The first-order valence-electron chi connectivity index (χ1n) is 11.2. The van der Waals surface area contributed by atoms with Gasteiger partial charge in [-0.2, -0.15) is 0 Å². The maximum Gasteiger partial charge on any atom is 0.350 e. The summed E-state index contributed by atoms with van der Waals surface area (Å²) in [5.41, 5.74) is 3.42. The number of carbonyl (C=O) groups excluding carboxylic acids is 1. The Labute approximate surface area is 200 Å². The van der Waals surface area contributed by atoms with Crippen LogP contribution in [0.3, 0.4) is 0 Å². The Morgan fingerprint density at radius 2 is 1.66 bits per heavy atom. The molecule has 0 aliphatic carbocycles. The quantitative estimate of drug-likeness (QED) is 0.417. The van der Waals surface area contributed by atoms with Crippen molar-refractivity contribution in [3.63, 3.8) is 0 Å². The third kappa shape index (κ3) is 4.67. The van der Waals surface area contributed by atoms with E-state index in [0.29, 0.717) is 17.9 Å². The van der Waals surface area contributed by atoms with Gasteiger partial charge in [0.2, 0.25) is 0 Å². The molecule has 0 saturated carbocycles. The summed E-state index contributed by atoms with van der Waals surface area (Å²) < 4.78 is 4.37. The number of benzene rings is 2. The van der Waals surface area contributed by atoms with Crippen LogP contribution in [0.4, 0.5) is 5.69 Å². The number of fused-ring (bicyclic) bond motifs is 1. The first kappa shape index (κ1) is 22.1. The molecule has 3 aromatic heterocycles. The molecule has 1 amide bonds. The van der Waals surface area contributed by atoms with Crippen LogP contribution in [-0.4, -0.2) is 24.7 Å². The Hall–Kier alpha value is -4.72. The lowest BCUT2D eigenvalue weighted by Crippen LogP contribution is -2.29. The highest BCUT2D eigenvalue weighted by Crippen LogP contribution is 2.13. The Morgan fingerprint density at radius 3 is 2.46 bits per heavy atom. The molecule has 8 nitrogen and oxygen atoms in total. The van der Waals surface area contributed by atoms with E-state index in [4.69, 9.17) is 0 Å². The zero-order chi connectivity index (χ0) is 24.4. The first-order chi connectivity index (χ1) is 17.0. The second kappa shape index (κ2) is 9.26. The predicted molar refractivity (Wildman–Crippen MR) is 134 cm³/mol. The minimum absolute atomic E-state index is 0.0575. The third-order valence-electron chi connectivity index (χ3n) is 5.71. The molecule has 0 bridgehead atoms. The molecule has 174 valence electrons. The molecule has 0 radical (unpaired) electrons. The molecule has 2 aromatic carbocycles. The van der Waals surface area contributed by atoms with Crippen molar-refractivity contribution in [2.45, 2.75) is 20.0 Å². The highest BCUT2D eigenvalue weighted by Gasteiger charge is 2.14. The van der Waals surface area contributed by atoms with Gasteiger partial charge in [0, 0.05) is 18.1 Å². The van der Waals surface area contributed by atoms with Crippen LogP contribution < -0.4 is 16.6 Å². The van der Waals surface area contributed by atoms with Crippen LogP contribution in [0.25, 0.3) is 5.65 Å². The fourth-order valence-electron chi connectivity index (χ4n) is 4.03. The van der Waals surface area contributed by atoms with Crippen LogP contribution in [0.1, 0.15) is 27.0 Å². The van der Waals surface area contributed by atoms with Crippen molar-refractivity contribution in [3.05, 3.63) is 134 Å². The van der Waals surface area contributed by atoms with Crippen LogP contribution >= 0.6 is 0 Å². The molecule has 0 saturated heterocycles. The van der Waals surface area contributed by atoms with Crippen LogP contribution in [0.15, 0.2) is 101 Å². The van der Waals surface area contributed by atoms with E-state index < -0.39 is 5.91 Å². The van der Waals surface area contributed by atoms with Crippen molar-refractivity contribution in [1.29, 1.82) is 0 Å². The molecule has 0 unspecified atom stereocenters. The minimum Gasteiger partial charge on any atom is -0.322 e. The SMILES string of the molecule is Cc1cccc(Cn2cccc(C(=O)Nc3cccc(Cn4nc5ccccn5c4=O)c3)c2=O)c1. The van der Waals surface area contributed by atoms with Gasteiger partial charge in [0.05, 0.1) is 13.1 Å². The molecule has 0 fully saturated rings. The van der Waals surface area contributed by atoms with Crippen molar-refractivity contribution >= 4 is 17.2 Å². The lowest BCUT2D eigenvalue weighted by atomic mass is 10.1. The van der Waals surface area contributed by atoms with Gasteiger partial charge in [0.25, 0.3) is 11.5 Å². The van der Waals surface area contributed by atoms with Gasteiger partial charge in [-0.15, -0.1) is 5.10 Å². The molecule has 5 aromatic rings. The largest absolute Gasteiger partial charge is 0.350 e. The fourth-order valence-corrected chi connectivity index (χ4v) is 4.03. The van der Waals surface area contributed by atoms with E-state index in [2.05, 4.69) is 10.4 Å². The van der Waals surface area contributed by atoms with Gasteiger partial charge < -0.3 is 9.88 Å². The van der Waals surface area contributed by atoms with Crippen molar-refractivity contribution in [1.82, 2.24) is 18.7 Å². The summed E-state index contributed by atoms with van der Waals surface area (Å²) in [7, 11) is 0. The Morgan fingerprint density at radius 1 is 0.857 bits per heavy atom. The van der Waals surface area contributed by atoms with Gasteiger partial charge >= 0.3 is 5.69 Å². The van der Waals surface area contributed by atoms with Crippen LogP contribution in [-0.2, 0) is 13.1 Å². The van der Waals surface area contributed by atoms with Crippen molar-refractivity contribution in [3.8, 4) is 0 Å². The third-order valence-corrected chi connectivity index (χ3v) is 5.71. The number of amides is 1. The lowest BCUT2D eigenvalue weighted by Gasteiger charge is -2.10. The number of pyridine rings is 2. The van der Waals surface area contributed by atoms with Crippen molar-refractivity contribution < 1.29 is 4.79 Å². The minimum atomic E-state index is -0.490.